The van der Waals surface area contributed by atoms with E-state index in [2.05, 4.69) is 0 Å². The number of rotatable bonds is 0. The second kappa shape index (κ2) is 1.48. The molecule has 1 nitrogen and oxygen atoms in total. The average molecular weight is 88.1 g/mol. The predicted octanol–water partition coefficient (Wildman–Crippen LogP) is 1.18. The summed E-state index contributed by atoms with van der Waals surface area (Å²) in [5, 5.41) is 1.93. The number of hydrogen-bond acceptors (Lipinski definition) is 2. The molecule has 0 aromatic carbocycles. The van der Waals surface area contributed by atoms with Crippen molar-refractivity contribution in [3.05, 3.63) is 11.5 Å². The van der Waals surface area contributed by atoms with Crippen LogP contribution in [-0.2, 0) is 4.18 Å². The smallest absolute Gasteiger partial charge is 0.0808 e. The monoisotopic (exact) mass is 88.0 g/mol. The Morgan fingerprint density at radius 1 is 1.80 bits per heavy atom. The fourth-order valence-electron chi connectivity index (χ4n) is 0.196. The van der Waals surface area contributed by atoms with Crippen molar-refractivity contribution in [1.82, 2.24) is 0 Å². The molecule has 2 heteroatoms. The standard InChI is InChI=1S/C3H4OS/c1-2-4-5-3-1/h1,3H,2H2. The van der Waals surface area contributed by atoms with Crippen LogP contribution in [-0.4, -0.2) is 6.61 Å². The zero-order valence-corrected chi connectivity index (χ0v) is 3.49. The van der Waals surface area contributed by atoms with E-state index in [9.17, 15) is 0 Å². The van der Waals surface area contributed by atoms with E-state index in [1.54, 1.807) is 0 Å². The van der Waals surface area contributed by atoms with E-state index in [4.69, 9.17) is 4.18 Å². The molecule has 0 aliphatic carbocycles. The molecule has 0 fully saturated rings. The summed E-state index contributed by atoms with van der Waals surface area (Å²) in [5.74, 6) is 0. The molecule has 0 bridgehead atoms. The highest BCUT2D eigenvalue weighted by Crippen LogP contribution is 2.09. The van der Waals surface area contributed by atoms with Gasteiger partial charge in [0.1, 0.15) is 0 Å². The Bertz CT molecular complexity index is 44.9. The minimum atomic E-state index is 0.782. The Hall–Kier alpha value is 0.0500. The summed E-state index contributed by atoms with van der Waals surface area (Å²) in [5.41, 5.74) is 0. The van der Waals surface area contributed by atoms with Gasteiger partial charge in [0, 0.05) is 12.0 Å². The molecule has 0 saturated carbocycles. The number of hydrogen-bond donors (Lipinski definition) is 0. The Morgan fingerprint density at radius 3 is 3.00 bits per heavy atom. The molecular formula is C3H4OS. The highest BCUT2D eigenvalue weighted by atomic mass is 32.2. The van der Waals surface area contributed by atoms with Crippen molar-refractivity contribution in [3.63, 3.8) is 0 Å². The third-order valence-corrected chi connectivity index (χ3v) is 0.960. The minimum absolute atomic E-state index is 0.782. The maximum atomic E-state index is 4.75. The van der Waals surface area contributed by atoms with Gasteiger partial charge in [-0.15, -0.1) is 0 Å². The first kappa shape index (κ1) is 3.25. The van der Waals surface area contributed by atoms with Gasteiger partial charge in [-0.05, 0) is 11.5 Å². The molecule has 0 spiro atoms. The Kier molecular flexibility index (Phi) is 0.960. The summed E-state index contributed by atoms with van der Waals surface area (Å²) in [7, 11) is 0. The second-order valence-electron chi connectivity index (χ2n) is 0.753. The summed E-state index contributed by atoms with van der Waals surface area (Å²) >= 11 is 1.39. The molecule has 0 unspecified atom stereocenters. The Morgan fingerprint density at radius 2 is 2.80 bits per heavy atom. The van der Waals surface area contributed by atoms with Crippen LogP contribution in [0.25, 0.3) is 0 Å². The lowest BCUT2D eigenvalue weighted by Crippen LogP contribution is -1.64. The molecule has 0 saturated heterocycles. The molecule has 1 aliphatic heterocycles. The summed E-state index contributed by atoms with van der Waals surface area (Å²) in [6, 6.07) is 0. The molecule has 0 N–H and O–H groups in total. The molecule has 0 aromatic heterocycles. The van der Waals surface area contributed by atoms with Gasteiger partial charge in [0.05, 0.1) is 6.61 Å². The van der Waals surface area contributed by atoms with Gasteiger partial charge >= 0.3 is 0 Å². The molecule has 0 amide bonds. The first-order valence-corrected chi connectivity index (χ1v) is 2.24. The molecular weight excluding hydrogens is 84.1 g/mol. The topological polar surface area (TPSA) is 9.23 Å². The van der Waals surface area contributed by atoms with Crippen molar-refractivity contribution in [1.29, 1.82) is 0 Å². The molecule has 0 atom stereocenters. The zero-order valence-electron chi connectivity index (χ0n) is 2.68. The van der Waals surface area contributed by atoms with Crippen molar-refractivity contribution >= 4 is 12.0 Å². The average Bonchev–Trinajstić information content (AvgIpc) is 1.76. The van der Waals surface area contributed by atoms with Gasteiger partial charge in [-0.3, -0.25) is 0 Å². The fraction of sp³-hybridized carbons (Fsp3) is 0.333. The maximum Gasteiger partial charge on any atom is 0.0808 e. The van der Waals surface area contributed by atoms with Gasteiger partial charge in [-0.2, -0.15) is 0 Å². The van der Waals surface area contributed by atoms with E-state index < -0.39 is 0 Å². The first-order valence-electron chi connectivity index (χ1n) is 1.43. The van der Waals surface area contributed by atoms with Crippen LogP contribution < -0.4 is 0 Å². The maximum absolute atomic E-state index is 4.75. The molecule has 0 radical (unpaired) electrons. The summed E-state index contributed by atoms with van der Waals surface area (Å²) in [6.07, 6.45) is 1.98. The molecule has 1 aliphatic rings. The van der Waals surface area contributed by atoms with Crippen LogP contribution in [0.5, 0.6) is 0 Å². The SMILES string of the molecule is C1=CSOC1. The summed E-state index contributed by atoms with van der Waals surface area (Å²) in [4.78, 5) is 0. The van der Waals surface area contributed by atoms with Crippen LogP contribution in [0.1, 0.15) is 0 Å². The van der Waals surface area contributed by atoms with Crippen LogP contribution in [0.3, 0.4) is 0 Å². The van der Waals surface area contributed by atoms with Gasteiger partial charge in [0.25, 0.3) is 0 Å². The van der Waals surface area contributed by atoms with Crippen molar-refractivity contribution in [2.45, 2.75) is 0 Å². The van der Waals surface area contributed by atoms with Crippen molar-refractivity contribution < 1.29 is 4.18 Å². The fourth-order valence-corrected chi connectivity index (χ4v) is 0.589. The van der Waals surface area contributed by atoms with Gasteiger partial charge < -0.3 is 4.18 Å². The predicted molar refractivity (Wildman–Crippen MR) is 22.7 cm³/mol. The van der Waals surface area contributed by atoms with Crippen LogP contribution in [0.4, 0.5) is 0 Å². The van der Waals surface area contributed by atoms with E-state index in [0.29, 0.717) is 0 Å². The van der Waals surface area contributed by atoms with Crippen LogP contribution in [0, 0.1) is 0 Å². The molecule has 1 rings (SSSR count). The Balaban J connectivity index is 2.32. The highest BCUT2D eigenvalue weighted by molar-refractivity contribution is 7.97. The lowest BCUT2D eigenvalue weighted by molar-refractivity contribution is 0.442. The third-order valence-electron chi connectivity index (χ3n) is 0.384. The van der Waals surface area contributed by atoms with Gasteiger partial charge in [0.15, 0.2) is 0 Å². The third kappa shape index (κ3) is 0.667. The molecule has 0 aromatic rings. The summed E-state index contributed by atoms with van der Waals surface area (Å²) < 4.78 is 4.75. The lowest BCUT2D eigenvalue weighted by Gasteiger charge is -1.75. The normalized spacial score (nSPS) is 20.8. The highest BCUT2D eigenvalue weighted by Gasteiger charge is 1.84. The second-order valence-corrected chi connectivity index (χ2v) is 1.45. The van der Waals surface area contributed by atoms with Gasteiger partial charge in [0.2, 0.25) is 0 Å². The van der Waals surface area contributed by atoms with Crippen LogP contribution >= 0.6 is 12.0 Å². The molecule has 28 valence electrons. The summed E-state index contributed by atoms with van der Waals surface area (Å²) in [6.45, 7) is 0.782. The van der Waals surface area contributed by atoms with E-state index in [1.165, 1.54) is 12.0 Å². The largest absolute Gasteiger partial charge is 0.307 e. The van der Waals surface area contributed by atoms with Crippen LogP contribution in [0.15, 0.2) is 11.5 Å². The van der Waals surface area contributed by atoms with Crippen molar-refractivity contribution in [2.24, 2.45) is 0 Å². The van der Waals surface area contributed by atoms with Crippen molar-refractivity contribution in [2.75, 3.05) is 6.61 Å². The van der Waals surface area contributed by atoms with Gasteiger partial charge in [-0.1, -0.05) is 0 Å². The molecule has 1 heterocycles. The van der Waals surface area contributed by atoms with Crippen LogP contribution in [0.2, 0.25) is 0 Å². The minimum Gasteiger partial charge on any atom is -0.307 e. The molecule has 5 heavy (non-hydrogen) atoms. The zero-order chi connectivity index (χ0) is 3.54. The van der Waals surface area contributed by atoms with Gasteiger partial charge in [-0.25, -0.2) is 0 Å². The van der Waals surface area contributed by atoms with Crippen molar-refractivity contribution in [3.8, 4) is 0 Å². The van der Waals surface area contributed by atoms with E-state index in [1.807, 2.05) is 11.5 Å². The van der Waals surface area contributed by atoms with E-state index >= 15 is 0 Å². The van der Waals surface area contributed by atoms with E-state index in [0.717, 1.165) is 6.61 Å². The van der Waals surface area contributed by atoms with E-state index in [-0.39, 0.29) is 0 Å². The first-order chi connectivity index (χ1) is 2.50. The Labute approximate surface area is 35.2 Å². The lowest BCUT2D eigenvalue weighted by atomic mass is 10.7. The quantitative estimate of drug-likeness (QED) is 0.411.